The maximum Gasteiger partial charge on any atom is 0.253 e. The number of ether oxygens (including phenoxy) is 1. The Labute approximate surface area is 202 Å². The summed E-state index contributed by atoms with van der Waals surface area (Å²) in [5.41, 5.74) is 5.02. The number of imidazole rings is 1. The van der Waals surface area contributed by atoms with Crippen LogP contribution < -0.4 is 0 Å². The molecule has 174 valence electrons. The van der Waals surface area contributed by atoms with Crippen molar-refractivity contribution in [2.75, 3.05) is 19.5 Å². The lowest BCUT2D eigenvalue weighted by molar-refractivity contribution is -0.130. The van der Waals surface area contributed by atoms with Crippen molar-refractivity contribution in [2.24, 2.45) is 5.10 Å². The van der Waals surface area contributed by atoms with E-state index < -0.39 is 0 Å². The minimum atomic E-state index is -0.258. The van der Waals surface area contributed by atoms with E-state index in [4.69, 9.17) is 19.2 Å². The van der Waals surface area contributed by atoms with Crippen LogP contribution >= 0.6 is 11.8 Å². The fourth-order valence-electron chi connectivity index (χ4n) is 4.12. The fourth-order valence-corrected chi connectivity index (χ4v) is 5.01. The van der Waals surface area contributed by atoms with Crippen molar-refractivity contribution in [2.45, 2.75) is 31.1 Å². The molecule has 0 N–H and O–H groups in total. The second-order valence-electron chi connectivity index (χ2n) is 8.20. The molecule has 5 rings (SSSR count). The van der Waals surface area contributed by atoms with Crippen LogP contribution in [0.1, 0.15) is 29.3 Å². The van der Waals surface area contributed by atoms with E-state index in [2.05, 4.69) is 23.6 Å². The Morgan fingerprint density at radius 1 is 1.15 bits per heavy atom. The molecule has 7 nitrogen and oxygen atoms in total. The molecule has 1 aliphatic rings. The van der Waals surface area contributed by atoms with E-state index in [1.165, 1.54) is 17.3 Å². The van der Waals surface area contributed by atoms with Crippen molar-refractivity contribution < 1.29 is 13.9 Å². The molecule has 2 aromatic carbocycles. The third kappa shape index (κ3) is 4.51. The zero-order valence-electron chi connectivity index (χ0n) is 19.2. The molecule has 1 amide bonds. The van der Waals surface area contributed by atoms with E-state index in [1.807, 2.05) is 48.5 Å². The number of nitrogens with zero attached hydrogens (tertiary/aromatic N) is 4. The summed E-state index contributed by atoms with van der Waals surface area (Å²) in [7, 11) is 1.68. The molecule has 3 heterocycles. The normalized spacial score (nSPS) is 15.8. The molecule has 0 unspecified atom stereocenters. The van der Waals surface area contributed by atoms with E-state index >= 15 is 0 Å². The summed E-state index contributed by atoms with van der Waals surface area (Å²) in [6.45, 7) is 3.29. The van der Waals surface area contributed by atoms with Crippen molar-refractivity contribution >= 4 is 34.4 Å². The minimum absolute atomic E-state index is 0.0844. The van der Waals surface area contributed by atoms with E-state index in [9.17, 15) is 4.79 Å². The number of para-hydroxylation sites is 2. The van der Waals surface area contributed by atoms with Crippen LogP contribution in [-0.4, -0.2) is 45.6 Å². The Bertz CT molecular complexity index is 1310. The molecule has 34 heavy (non-hydrogen) atoms. The van der Waals surface area contributed by atoms with Crippen LogP contribution in [0.2, 0.25) is 0 Å². The molecule has 0 bridgehead atoms. The minimum Gasteiger partial charge on any atom is -0.467 e. The first-order valence-electron chi connectivity index (χ1n) is 11.2. The predicted octanol–water partition coefficient (Wildman–Crippen LogP) is 5.05. The first-order valence-corrected chi connectivity index (χ1v) is 12.2. The van der Waals surface area contributed by atoms with Crippen molar-refractivity contribution in [3.05, 3.63) is 83.8 Å². The Morgan fingerprint density at radius 2 is 1.97 bits per heavy atom. The zero-order chi connectivity index (χ0) is 23.5. The second kappa shape index (κ2) is 9.87. The van der Waals surface area contributed by atoms with Gasteiger partial charge in [-0.15, -0.1) is 0 Å². The highest BCUT2D eigenvalue weighted by molar-refractivity contribution is 7.99. The predicted molar refractivity (Wildman–Crippen MR) is 133 cm³/mol. The average molecular weight is 475 g/mol. The molecule has 0 spiro atoms. The number of hydrogen-bond acceptors (Lipinski definition) is 6. The summed E-state index contributed by atoms with van der Waals surface area (Å²) < 4.78 is 13.0. The van der Waals surface area contributed by atoms with E-state index in [0.717, 1.165) is 33.2 Å². The molecule has 0 saturated carbocycles. The fraction of sp³-hybridized carbons (Fsp3) is 0.269. The van der Waals surface area contributed by atoms with Crippen LogP contribution in [0.3, 0.4) is 0 Å². The van der Waals surface area contributed by atoms with Gasteiger partial charge in [0.25, 0.3) is 5.91 Å². The third-order valence-electron chi connectivity index (χ3n) is 5.89. The third-order valence-corrected chi connectivity index (χ3v) is 6.85. The molecule has 0 aliphatic carbocycles. The van der Waals surface area contributed by atoms with Gasteiger partial charge in [0, 0.05) is 20.1 Å². The number of carbonyl (C=O) groups is 1. The zero-order valence-corrected chi connectivity index (χ0v) is 20.0. The van der Waals surface area contributed by atoms with Gasteiger partial charge in [0.15, 0.2) is 5.16 Å². The molecular weight excluding hydrogens is 448 g/mol. The molecule has 0 fully saturated rings. The van der Waals surface area contributed by atoms with Gasteiger partial charge in [-0.3, -0.25) is 4.79 Å². The number of amides is 1. The number of aromatic nitrogens is 2. The number of thioether (sulfide) groups is 1. The lowest BCUT2D eigenvalue weighted by Gasteiger charge is -2.19. The Kier molecular flexibility index (Phi) is 6.51. The van der Waals surface area contributed by atoms with Crippen LogP contribution in [0.5, 0.6) is 0 Å². The van der Waals surface area contributed by atoms with Gasteiger partial charge in [-0.25, -0.2) is 9.99 Å². The van der Waals surface area contributed by atoms with Gasteiger partial charge >= 0.3 is 0 Å². The smallest absolute Gasteiger partial charge is 0.253 e. The van der Waals surface area contributed by atoms with Crippen LogP contribution in [0.25, 0.3) is 11.0 Å². The SMILES string of the molecule is COCCn1c(SCC(=O)N2N=C(c3ccc(C)cc3)C[C@H]2c2ccco2)nc2ccccc21. The number of benzene rings is 2. The summed E-state index contributed by atoms with van der Waals surface area (Å²) in [6.07, 6.45) is 2.24. The lowest BCUT2D eigenvalue weighted by Crippen LogP contribution is -2.28. The number of rotatable bonds is 8. The Morgan fingerprint density at radius 3 is 2.74 bits per heavy atom. The van der Waals surface area contributed by atoms with Gasteiger partial charge in [-0.2, -0.15) is 5.10 Å². The number of aryl methyl sites for hydroxylation is 1. The van der Waals surface area contributed by atoms with E-state index in [-0.39, 0.29) is 17.7 Å². The topological polar surface area (TPSA) is 72.9 Å². The van der Waals surface area contributed by atoms with Crippen molar-refractivity contribution in [3.63, 3.8) is 0 Å². The maximum absolute atomic E-state index is 13.4. The quantitative estimate of drug-likeness (QED) is 0.334. The van der Waals surface area contributed by atoms with E-state index in [1.54, 1.807) is 18.4 Å². The highest BCUT2D eigenvalue weighted by Gasteiger charge is 2.35. The maximum atomic E-state index is 13.4. The first-order chi connectivity index (χ1) is 16.6. The summed E-state index contributed by atoms with van der Waals surface area (Å²) in [5.74, 6) is 0.869. The van der Waals surface area contributed by atoms with Crippen molar-refractivity contribution in [3.8, 4) is 0 Å². The van der Waals surface area contributed by atoms with Crippen LogP contribution in [0.4, 0.5) is 0 Å². The van der Waals surface area contributed by atoms with Crippen LogP contribution in [0.15, 0.2) is 81.6 Å². The van der Waals surface area contributed by atoms with Crippen molar-refractivity contribution in [1.82, 2.24) is 14.6 Å². The molecule has 1 aliphatic heterocycles. The van der Waals surface area contributed by atoms with Gasteiger partial charge < -0.3 is 13.7 Å². The number of carbonyl (C=O) groups excluding carboxylic acids is 1. The number of hydrazone groups is 1. The summed E-state index contributed by atoms with van der Waals surface area (Å²) in [4.78, 5) is 18.1. The Balaban J connectivity index is 1.38. The molecule has 2 aromatic heterocycles. The van der Waals surface area contributed by atoms with Crippen LogP contribution in [-0.2, 0) is 16.1 Å². The molecule has 4 aromatic rings. The monoisotopic (exact) mass is 474 g/mol. The number of fused-ring (bicyclic) bond motifs is 1. The highest BCUT2D eigenvalue weighted by Crippen LogP contribution is 2.34. The lowest BCUT2D eigenvalue weighted by atomic mass is 10.0. The number of hydrogen-bond donors (Lipinski definition) is 0. The van der Waals surface area contributed by atoms with Gasteiger partial charge in [-0.05, 0) is 36.8 Å². The summed E-state index contributed by atoms with van der Waals surface area (Å²) in [5, 5.41) is 7.10. The van der Waals surface area contributed by atoms with Crippen LogP contribution in [0, 0.1) is 6.92 Å². The standard InChI is InChI=1S/C26H26N4O3S/c1-18-9-11-19(12-10-18)21-16-23(24-8-5-14-33-24)30(28-21)25(31)17-34-26-27-20-6-3-4-7-22(20)29(26)13-15-32-2/h3-12,14,23H,13,15-17H2,1-2H3/t23-/m0/s1. The molecule has 1 atom stereocenters. The van der Waals surface area contributed by atoms with Gasteiger partial charge in [0.2, 0.25) is 0 Å². The summed E-state index contributed by atoms with van der Waals surface area (Å²) in [6, 6.07) is 19.7. The number of furan rings is 1. The first kappa shape index (κ1) is 22.4. The summed E-state index contributed by atoms with van der Waals surface area (Å²) >= 11 is 1.42. The largest absolute Gasteiger partial charge is 0.467 e. The van der Waals surface area contributed by atoms with E-state index in [0.29, 0.717) is 19.6 Å². The Hall–Kier alpha value is -3.36. The molecular formula is C26H26N4O3S. The number of methoxy groups -OCH3 is 1. The van der Waals surface area contributed by atoms with Gasteiger partial charge in [0.1, 0.15) is 11.8 Å². The second-order valence-corrected chi connectivity index (χ2v) is 9.15. The highest BCUT2D eigenvalue weighted by atomic mass is 32.2. The van der Waals surface area contributed by atoms with Gasteiger partial charge in [0.05, 0.1) is 35.4 Å². The molecule has 0 saturated heterocycles. The molecule has 0 radical (unpaired) electrons. The van der Waals surface area contributed by atoms with Crippen molar-refractivity contribution in [1.29, 1.82) is 0 Å². The molecule has 8 heteroatoms. The van der Waals surface area contributed by atoms with Gasteiger partial charge in [-0.1, -0.05) is 53.7 Å². The average Bonchev–Trinajstić information content (AvgIpc) is 3.60.